The molecule has 0 aliphatic carbocycles. The summed E-state index contributed by atoms with van der Waals surface area (Å²) in [5.74, 6) is 0.907. The van der Waals surface area contributed by atoms with Crippen molar-refractivity contribution in [3.8, 4) is 0 Å². The normalized spacial score (nSPS) is 14.9. The Balaban J connectivity index is 1.30. The molecule has 0 atom stereocenters. The first kappa shape index (κ1) is 22.4. The number of thiazole rings is 1. The first-order valence-electron chi connectivity index (χ1n) is 9.81. The topological polar surface area (TPSA) is 70.6 Å². The van der Waals surface area contributed by atoms with Gasteiger partial charge < -0.3 is 9.80 Å². The molecule has 31 heavy (non-hydrogen) atoms. The third-order valence-corrected chi connectivity index (χ3v) is 8.53. The third-order valence-electron chi connectivity index (χ3n) is 5.08. The molecule has 2 heterocycles. The fraction of sp³-hybridized carbons (Fsp3) is 0.333. The molecule has 6 nitrogen and oxygen atoms in total. The lowest BCUT2D eigenvalue weighted by atomic mass is 10.3. The summed E-state index contributed by atoms with van der Waals surface area (Å²) in [5.41, 5.74) is 0.796. The van der Waals surface area contributed by atoms with Gasteiger partial charge in [-0.2, -0.15) is 0 Å². The number of carbonyl (C=O) groups is 1. The maximum Gasteiger partial charge on any atom is 0.223 e. The van der Waals surface area contributed by atoms with Crippen molar-refractivity contribution in [2.75, 3.05) is 43.1 Å². The molecule has 1 aliphatic heterocycles. The molecule has 164 valence electrons. The Morgan fingerprint density at radius 1 is 1.13 bits per heavy atom. The van der Waals surface area contributed by atoms with Crippen LogP contribution in [0.2, 0.25) is 5.02 Å². The molecule has 1 aromatic heterocycles. The molecular weight excluding hydrogens is 474 g/mol. The summed E-state index contributed by atoms with van der Waals surface area (Å²) < 4.78 is 24.4. The number of hydrogen-bond acceptors (Lipinski definition) is 7. The Morgan fingerprint density at radius 2 is 1.84 bits per heavy atom. The highest BCUT2D eigenvalue weighted by Gasteiger charge is 2.23. The summed E-state index contributed by atoms with van der Waals surface area (Å²) in [7, 11) is -3.24. The van der Waals surface area contributed by atoms with Crippen molar-refractivity contribution in [1.29, 1.82) is 0 Å². The molecule has 1 fully saturated rings. The standard InChI is InChI=1S/C21H22ClN3O3S3/c1-31(27,28)17-6-7-18-19(14-17)30-21(23-18)25-11-9-24(10-12-25)20(26)8-13-29-16-4-2-15(22)3-5-16/h2-7,14H,8-13H2,1H3. The molecule has 0 unspecified atom stereocenters. The highest BCUT2D eigenvalue weighted by atomic mass is 35.5. The van der Waals surface area contributed by atoms with Crippen molar-refractivity contribution in [2.45, 2.75) is 16.2 Å². The molecule has 0 spiro atoms. The van der Waals surface area contributed by atoms with Gasteiger partial charge in [0.1, 0.15) is 0 Å². The number of benzene rings is 2. The van der Waals surface area contributed by atoms with Crippen molar-refractivity contribution in [3.63, 3.8) is 0 Å². The van der Waals surface area contributed by atoms with Gasteiger partial charge in [0.2, 0.25) is 5.91 Å². The van der Waals surface area contributed by atoms with E-state index >= 15 is 0 Å². The quantitative estimate of drug-likeness (QED) is 0.478. The van der Waals surface area contributed by atoms with E-state index in [0.717, 1.165) is 39.1 Å². The zero-order valence-corrected chi connectivity index (χ0v) is 20.2. The number of piperazine rings is 1. The Morgan fingerprint density at radius 3 is 2.52 bits per heavy atom. The van der Waals surface area contributed by atoms with Gasteiger partial charge >= 0.3 is 0 Å². The van der Waals surface area contributed by atoms with E-state index in [1.165, 1.54) is 17.6 Å². The summed E-state index contributed by atoms with van der Waals surface area (Å²) >= 11 is 9.05. The van der Waals surface area contributed by atoms with Gasteiger partial charge in [-0.1, -0.05) is 22.9 Å². The van der Waals surface area contributed by atoms with Gasteiger partial charge in [-0.25, -0.2) is 13.4 Å². The maximum absolute atomic E-state index is 12.6. The molecule has 1 aliphatic rings. The Kier molecular flexibility index (Phi) is 6.76. The Hall–Kier alpha value is -1.81. The van der Waals surface area contributed by atoms with Crippen LogP contribution >= 0.6 is 34.7 Å². The predicted octanol–water partition coefficient (Wildman–Crippen LogP) is 4.18. The van der Waals surface area contributed by atoms with Crippen LogP contribution in [0.4, 0.5) is 5.13 Å². The molecular formula is C21H22ClN3O3S3. The van der Waals surface area contributed by atoms with Crippen LogP contribution in [0.5, 0.6) is 0 Å². The Bertz CT molecular complexity index is 1190. The van der Waals surface area contributed by atoms with Crippen LogP contribution in [0.15, 0.2) is 52.3 Å². The zero-order chi connectivity index (χ0) is 22.0. The fourth-order valence-electron chi connectivity index (χ4n) is 3.35. The van der Waals surface area contributed by atoms with E-state index in [1.807, 2.05) is 29.2 Å². The lowest BCUT2D eigenvalue weighted by Gasteiger charge is -2.34. The van der Waals surface area contributed by atoms with Crippen LogP contribution in [0.25, 0.3) is 10.2 Å². The predicted molar refractivity (Wildman–Crippen MR) is 128 cm³/mol. The van der Waals surface area contributed by atoms with E-state index in [9.17, 15) is 13.2 Å². The van der Waals surface area contributed by atoms with Gasteiger partial charge in [-0.3, -0.25) is 4.79 Å². The second-order valence-electron chi connectivity index (χ2n) is 7.32. The van der Waals surface area contributed by atoms with E-state index in [1.54, 1.807) is 30.0 Å². The summed E-state index contributed by atoms with van der Waals surface area (Å²) in [4.78, 5) is 22.7. The number of thioether (sulfide) groups is 1. The maximum atomic E-state index is 12.6. The number of rotatable bonds is 6. The number of nitrogens with zero attached hydrogens (tertiary/aromatic N) is 3. The number of halogens is 1. The summed E-state index contributed by atoms with van der Waals surface area (Å²) in [6.45, 7) is 2.76. The van der Waals surface area contributed by atoms with Crippen LogP contribution < -0.4 is 4.90 Å². The van der Waals surface area contributed by atoms with Gasteiger partial charge in [-0.15, -0.1) is 11.8 Å². The van der Waals surface area contributed by atoms with Crippen molar-refractivity contribution in [3.05, 3.63) is 47.5 Å². The van der Waals surface area contributed by atoms with Gasteiger partial charge in [0.25, 0.3) is 0 Å². The molecule has 1 saturated heterocycles. The average Bonchev–Trinajstić information content (AvgIpc) is 3.18. The van der Waals surface area contributed by atoms with Gasteiger partial charge in [0.05, 0.1) is 15.1 Å². The fourth-order valence-corrected chi connectivity index (χ4v) is 6.10. The van der Waals surface area contributed by atoms with E-state index < -0.39 is 9.84 Å². The van der Waals surface area contributed by atoms with Crippen molar-refractivity contribution >= 4 is 65.8 Å². The van der Waals surface area contributed by atoms with Crippen LogP contribution in [0.1, 0.15) is 6.42 Å². The Labute approximate surface area is 195 Å². The molecule has 0 bridgehead atoms. The highest BCUT2D eigenvalue weighted by Crippen LogP contribution is 2.31. The van der Waals surface area contributed by atoms with E-state index in [2.05, 4.69) is 9.88 Å². The summed E-state index contributed by atoms with van der Waals surface area (Å²) in [6, 6.07) is 12.7. The molecule has 10 heteroatoms. The summed E-state index contributed by atoms with van der Waals surface area (Å²) in [6.07, 6.45) is 1.71. The van der Waals surface area contributed by atoms with Gasteiger partial charge in [0.15, 0.2) is 15.0 Å². The number of amides is 1. The van der Waals surface area contributed by atoms with Crippen LogP contribution in [-0.4, -0.2) is 62.4 Å². The van der Waals surface area contributed by atoms with Crippen molar-refractivity contribution in [1.82, 2.24) is 9.88 Å². The SMILES string of the molecule is CS(=O)(=O)c1ccc2nc(N3CCN(C(=O)CCSc4ccc(Cl)cc4)CC3)sc2c1. The molecule has 3 aromatic rings. The van der Waals surface area contributed by atoms with Crippen LogP contribution in [-0.2, 0) is 14.6 Å². The minimum absolute atomic E-state index is 0.170. The number of aromatic nitrogens is 1. The molecule has 4 rings (SSSR count). The molecule has 0 N–H and O–H groups in total. The summed E-state index contributed by atoms with van der Waals surface area (Å²) in [5, 5.41) is 1.58. The number of carbonyl (C=O) groups excluding carboxylic acids is 1. The van der Waals surface area contributed by atoms with E-state index in [-0.39, 0.29) is 5.91 Å². The second-order valence-corrected chi connectivity index (χ2v) is 11.9. The van der Waals surface area contributed by atoms with Crippen LogP contribution in [0, 0.1) is 0 Å². The highest BCUT2D eigenvalue weighted by molar-refractivity contribution is 7.99. The second kappa shape index (κ2) is 9.36. The zero-order valence-electron chi connectivity index (χ0n) is 17.0. The number of sulfone groups is 1. The number of fused-ring (bicyclic) bond motifs is 1. The minimum atomic E-state index is -3.24. The average molecular weight is 496 g/mol. The lowest BCUT2D eigenvalue weighted by Crippen LogP contribution is -2.48. The molecule has 1 amide bonds. The van der Waals surface area contributed by atoms with Crippen LogP contribution in [0.3, 0.4) is 0 Å². The largest absolute Gasteiger partial charge is 0.345 e. The molecule has 2 aromatic carbocycles. The third kappa shape index (κ3) is 5.52. The smallest absolute Gasteiger partial charge is 0.223 e. The van der Waals surface area contributed by atoms with E-state index in [4.69, 9.17) is 11.6 Å². The number of hydrogen-bond donors (Lipinski definition) is 0. The van der Waals surface area contributed by atoms with Crippen molar-refractivity contribution < 1.29 is 13.2 Å². The monoisotopic (exact) mass is 495 g/mol. The first-order chi connectivity index (χ1) is 14.8. The number of anilines is 1. The molecule has 0 radical (unpaired) electrons. The van der Waals surface area contributed by atoms with Crippen molar-refractivity contribution in [2.24, 2.45) is 0 Å². The van der Waals surface area contributed by atoms with Gasteiger partial charge in [-0.05, 0) is 42.5 Å². The first-order valence-corrected chi connectivity index (χ1v) is 13.9. The lowest BCUT2D eigenvalue weighted by molar-refractivity contribution is -0.131. The minimum Gasteiger partial charge on any atom is -0.345 e. The van der Waals surface area contributed by atoms with E-state index in [0.29, 0.717) is 29.4 Å². The van der Waals surface area contributed by atoms with Gasteiger partial charge in [0, 0.05) is 54.5 Å². The molecule has 0 saturated carbocycles.